The maximum Gasteiger partial charge on any atom is 0.271 e. The highest BCUT2D eigenvalue weighted by atomic mass is 16.6. The molecule has 0 saturated carbocycles. The topological polar surface area (TPSA) is 66.6 Å². The Hall–Kier alpha value is -1.62. The van der Waals surface area contributed by atoms with Crippen LogP contribution in [0.2, 0.25) is 0 Å². The van der Waals surface area contributed by atoms with Gasteiger partial charge in [-0.15, -0.1) is 0 Å². The number of nitro groups is 1. The maximum atomic E-state index is 10.8. The molecule has 1 aliphatic heterocycles. The van der Waals surface area contributed by atoms with Gasteiger partial charge in [-0.1, -0.05) is 0 Å². The molecule has 0 aliphatic carbocycles. The second-order valence-corrected chi connectivity index (χ2v) is 4.57. The molecule has 1 unspecified atom stereocenters. The van der Waals surface area contributed by atoms with Gasteiger partial charge in [-0.05, 0) is 25.0 Å². The van der Waals surface area contributed by atoms with Crippen LogP contribution in [0, 0.1) is 23.0 Å². The molecular formula is C12H16N2O3. The van der Waals surface area contributed by atoms with E-state index < -0.39 is 0 Å². The molecule has 5 heteroatoms. The van der Waals surface area contributed by atoms with E-state index in [4.69, 9.17) is 5.11 Å². The van der Waals surface area contributed by atoms with Crippen molar-refractivity contribution >= 4 is 11.4 Å². The Balaban J connectivity index is 2.24. The highest BCUT2D eigenvalue weighted by Crippen LogP contribution is 2.28. The number of aliphatic hydroxyl groups excluding tert-OH is 1. The highest BCUT2D eigenvalue weighted by Gasteiger charge is 2.23. The molecule has 1 atom stereocenters. The van der Waals surface area contributed by atoms with Crippen molar-refractivity contribution in [2.24, 2.45) is 5.92 Å². The second kappa shape index (κ2) is 4.71. The molecule has 1 saturated heterocycles. The summed E-state index contributed by atoms with van der Waals surface area (Å²) in [6.45, 7) is 3.67. The fourth-order valence-electron chi connectivity index (χ4n) is 2.25. The molecule has 5 nitrogen and oxygen atoms in total. The van der Waals surface area contributed by atoms with Gasteiger partial charge >= 0.3 is 0 Å². The maximum absolute atomic E-state index is 10.8. The lowest BCUT2D eigenvalue weighted by molar-refractivity contribution is -0.384. The van der Waals surface area contributed by atoms with Crippen LogP contribution in [-0.4, -0.2) is 29.7 Å². The van der Waals surface area contributed by atoms with E-state index in [1.807, 2.05) is 13.0 Å². The molecule has 0 amide bonds. The first-order valence-electron chi connectivity index (χ1n) is 5.72. The Bertz CT molecular complexity index is 434. The number of rotatable bonds is 3. The summed E-state index contributed by atoms with van der Waals surface area (Å²) in [5.74, 6) is 0.287. The summed E-state index contributed by atoms with van der Waals surface area (Å²) in [7, 11) is 0. The van der Waals surface area contributed by atoms with Gasteiger partial charge in [-0.2, -0.15) is 0 Å². The molecule has 1 N–H and O–H groups in total. The molecule has 1 heterocycles. The summed E-state index contributed by atoms with van der Waals surface area (Å²) >= 11 is 0. The minimum Gasteiger partial charge on any atom is -0.396 e. The van der Waals surface area contributed by atoms with E-state index >= 15 is 0 Å². The summed E-state index contributed by atoms with van der Waals surface area (Å²) in [4.78, 5) is 12.5. The van der Waals surface area contributed by atoms with Crippen molar-refractivity contribution in [3.63, 3.8) is 0 Å². The smallest absolute Gasteiger partial charge is 0.271 e. The normalized spacial score (nSPS) is 19.6. The summed E-state index contributed by atoms with van der Waals surface area (Å²) in [5, 5.41) is 19.9. The number of benzene rings is 1. The Morgan fingerprint density at radius 1 is 1.53 bits per heavy atom. The standard InChI is InChI=1S/C12H16N2O3/c1-9-4-11(6-12(5-9)14(16)17)13-3-2-10(7-13)8-15/h4-6,10,15H,2-3,7-8H2,1H3. The van der Waals surface area contributed by atoms with E-state index in [9.17, 15) is 10.1 Å². The Labute approximate surface area is 99.8 Å². The van der Waals surface area contributed by atoms with Gasteiger partial charge in [0.15, 0.2) is 0 Å². The summed E-state index contributed by atoms with van der Waals surface area (Å²) < 4.78 is 0. The average Bonchev–Trinajstić information content (AvgIpc) is 2.76. The van der Waals surface area contributed by atoms with E-state index in [1.165, 1.54) is 0 Å². The van der Waals surface area contributed by atoms with Gasteiger partial charge in [-0.3, -0.25) is 10.1 Å². The summed E-state index contributed by atoms with van der Waals surface area (Å²) in [5.41, 5.74) is 1.90. The number of aryl methyl sites for hydroxylation is 1. The van der Waals surface area contributed by atoms with Crippen LogP contribution in [0.5, 0.6) is 0 Å². The van der Waals surface area contributed by atoms with E-state index in [0.29, 0.717) is 0 Å². The molecule has 92 valence electrons. The quantitative estimate of drug-likeness (QED) is 0.641. The van der Waals surface area contributed by atoms with E-state index in [1.54, 1.807) is 12.1 Å². The number of hydrogen-bond donors (Lipinski definition) is 1. The van der Waals surface area contributed by atoms with Crippen LogP contribution in [0.4, 0.5) is 11.4 Å². The Morgan fingerprint density at radius 2 is 2.29 bits per heavy atom. The van der Waals surface area contributed by atoms with Gasteiger partial charge in [0, 0.05) is 43.4 Å². The van der Waals surface area contributed by atoms with Crippen LogP contribution < -0.4 is 4.90 Å². The molecule has 1 aliphatic rings. The SMILES string of the molecule is Cc1cc(N2CCC(CO)C2)cc([N+](=O)[O-])c1. The van der Waals surface area contributed by atoms with Crippen molar-refractivity contribution in [2.75, 3.05) is 24.6 Å². The molecule has 0 aromatic heterocycles. The van der Waals surface area contributed by atoms with Gasteiger partial charge in [0.2, 0.25) is 0 Å². The Morgan fingerprint density at radius 3 is 2.88 bits per heavy atom. The van der Waals surface area contributed by atoms with Crippen LogP contribution in [0.1, 0.15) is 12.0 Å². The minimum absolute atomic E-state index is 0.132. The van der Waals surface area contributed by atoms with Gasteiger partial charge in [0.25, 0.3) is 5.69 Å². The fourth-order valence-corrected chi connectivity index (χ4v) is 2.25. The number of nitrogens with zero attached hydrogens (tertiary/aromatic N) is 2. The average molecular weight is 236 g/mol. The van der Waals surface area contributed by atoms with Crippen LogP contribution in [-0.2, 0) is 0 Å². The fraction of sp³-hybridized carbons (Fsp3) is 0.500. The van der Waals surface area contributed by atoms with Crippen LogP contribution >= 0.6 is 0 Å². The Kier molecular flexibility index (Phi) is 3.28. The number of aliphatic hydroxyl groups is 1. The first-order chi connectivity index (χ1) is 8.10. The van der Waals surface area contributed by atoms with Crippen LogP contribution in [0.25, 0.3) is 0 Å². The predicted molar refractivity (Wildman–Crippen MR) is 65.2 cm³/mol. The first kappa shape index (κ1) is 11.9. The number of non-ortho nitro benzene ring substituents is 1. The third-order valence-corrected chi connectivity index (χ3v) is 3.17. The van der Waals surface area contributed by atoms with Crippen molar-refractivity contribution in [3.8, 4) is 0 Å². The van der Waals surface area contributed by atoms with Crippen molar-refractivity contribution in [1.82, 2.24) is 0 Å². The van der Waals surface area contributed by atoms with Crippen LogP contribution in [0.15, 0.2) is 18.2 Å². The van der Waals surface area contributed by atoms with Crippen LogP contribution in [0.3, 0.4) is 0 Å². The van der Waals surface area contributed by atoms with Crippen molar-refractivity contribution < 1.29 is 10.0 Å². The lowest BCUT2D eigenvalue weighted by Gasteiger charge is -2.18. The monoisotopic (exact) mass is 236 g/mol. The zero-order valence-corrected chi connectivity index (χ0v) is 9.80. The molecule has 2 rings (SSSR count). The molecule has 0 bridgehead atoms. The third-order valence-electron chi connectivity index (χ3n) is 3.17. The summed E-state index contributed by atoms with van der Waals surface area (Å²) in [6, 6.07) is 5.13. The lowest BCUT2D eigenvalue weighted by Crippen LogP contribution is -2.20. The highest BCUT2D eigenvalue weighted by molar-refractivity contribution is 5.56. The van der Waals surface area contributed by atoms with Gasteiger partial charge in [0.05, 0.1) is 4.92 Å². The molecule has 0 spiro atoms. The van der Waals surface area contributed by atoms with Crippen molar-refractivity contribution in [3.05, 3.63) is 33.9 Å². The van der Waals surface area contributed by atoms with Gasteiger partial charge < -0.3 is 10.0 Å². The number of hydrogen-bond acceptors (Lipinski definition) is 4. The summed E-state index contributed by atoms with van der Waals surface area (Å²) in [6.07, 6.45) is 0.943. The molecule has 1 fully saturated rings. The second-order valence-electron chi connectivity index (χ2n) is 4.57. The minimum atomic E-state index is -0.365. The molecule has 17 heavy (non-hydrogen) atoms. The largest absolute Gasteiger partial charge is 0.396 e. The van der Waals surface area contributed by atoms with E-state index in [0.717, 1.165) is 30.8 Å². The van der Waals surface area contributed by atoms with Gasteiger partial charge in [0.1, 0.15) is 0 Å². The molecular weight excluding hydrogens is 220 g/mol. The third kappa shape index (κ3) is 2.55. The number of nitro benzene ring substituents is 1. The lowest BCUT2D eigenvalue weighted by atomic mass is 10.1. The molecule has 1 aromatic rings. The zero-order valence-electron chi connectivity index (χ0n) is 9.80. The van der Waals surface area contributed by atoms with Gasteiger partial charge in [-0.25, -0.2) is 0 Å². The zero-order chi connectivity index (χ0) is 12.4. The molecule has 0 radical (unpaired) electrons. The van der Waals surface area contributed by atoms with Crippen molar-refractivity contribution in [1.29, 1.82) is 0 Å². The van der Waals surface area contributed by atoms with Crippen molar-refractivity contribution in [2.45, 2.75) is 13.3 Å². The predicted octanol–water partition coefficient (Wildman–Crippen LogP) is 1.72. The van der Waals surface area contributed by atoms with E-state index in [2.05, 4.69) is 4.90 Å². The van der Waals surface area contributed by atoms with E-state index in [-0.39, 0.29) is 23.1 Å². The molecule has 1 aromatic carbocycles. The first-order valence-corrected chi connectivity index (χ1v) is 5.72. The number of anilines is 1.